The number of hydrogen-bond acceptors (Lipinski definition) is 5. The Morgan fingerprint density at radius 3 is 2.88 bits per heavy atom. The van der Waals surface area contributed by atoms with Crippen LogP contribution < -0.4 is 11.1 Å². The zero-order chi connectivity index (χ0) is 17.8. The van der Waals surface area contributed by atoms with Crippen LogP contribution in [0.2, 0.25) is 0 Å². The predicted molar refractivity (Wildman–Crippen MR) is 105 cm³/mol. The highest BCUT2D eigenvalue weighted by Gasteiger charge is 2.11. The number of nitrogens with one attached hydrogen (secondary N) is 1. The molecule has 3 N–H and O–H groups in total. The number of imidazole rings is 1. The molecule has 0 bridgehead atoms. The molecule has 0 atom stereocenters. The molecule has 1 aliphatic carbocycles. The van der Waals surface area contributed by atoms with E-state index in [0.717, 1.165) is 12.1 Å². The zero-order valence-corrected chi connectivity index (χ0v) is 14.3. The van der Waals surface area contributed by atoms with Gasteiger partial charge in [-0.05, 0) is 17.6 Å². The van der Waals surface area contributed by atoms with Crippen molar-refractivity contribution >= 4 is 22.9 Å². The maximum Gasteiger partial charge on any atom is 0.227 e. The third-order valence-electron chi connectivity index (χ3n) is 4.21. The van der Waals surface area contributed by atoms with Crippen molar-refractivity contribution in [1.82, 2.24) is 19.5 Å². The Labute approximate surface area is 151 Å². The highest BCUT2D eigenvalue weighted by Crippen LogP contribution is 2.19. The van der Waals surface area contributed by atoms with Gasteiger partial charge in [-0.3, -0.25) is 0 Å². The Morgan fingerprint density at radius 1 is 1.12 bits per heavy atom. The van der Waals surface area contributed by atoms with Crippen LogP contribution in [0.5, 0.6) is 0 Å². The first kappa shape index (κ1) is 16.1. The summed E-state index contributed by atoms with van der Waals surface area (Å²) >= 11 is 0. The van der Waals surface area contributed by atoms with Crippen molar-refractivity contribution in [2.45, 2.75) is 13.0 Å². The van der Waals surface area contributed by atoms with Crippen LogP contribution in [-0.4, -0.2) is 26.1 Å². The minimum atomic E-state index is 0.386. The van der Waals surface area contributed by atoms with Crippen molar-refractivity contribution in [1.29, 1.82) is 0 Å². The molecule has 0 spiro atoms. The van der Waals surface area contributed by atoms with Gasteiger partial charge in [-0.25, -0.2) is 4.98 Å². The summed E-state index contributed by atoms with van der Waals surface area (Å²) < 4.78 is 1.99. The first-order valence-corrected chi connectivity index (χ1v) is 8.58. The number of anilines is 2. The van der Waals surface area contributed by atoms with Gasteiger partial charge in [0.25, 0.3) is 0 Å². The van der Waals surface area contributed by atoms with Crippen LogP contribution in [0.15, 0.2) is 72.6 Å². The maximum atomic E-state index is 6.09. The molecule has 0 radical (unpaired) electrons. The van der Waals surface area contributed by atoms with E-state index in [2.05, 4.69) is 50.6 Å². The number of allylic oxidation sites excluding steroid dienone is 4. The van der Waals surface area contributed by atoms with E-state index in [0.29, 0.717) is 30.4 Å². The van der Waals surface area contributed by atoms with Crippen LogP contribution in [0, 0.1) is 0 Å². The van der Waals surface area contributed by atoms with Gasteiger partial charge in [0.2, 0.25) is 5.95 Å². The molecule has 0 saturated heterocycles. The fourth-order valence-electron chi connectivity index (χ4n) is 2.88. The van der Waals surface area contributed by atoms with Crippen LogP contribution >= 0.6 is 0 Å². The van der Waals surface area contributed by atoms with Gasteiger partial charge in [-0.2, -0.15) is 9.97 Å². The van der Waals surface area contributed by atoms with E-state index < -0.39 is 0 Å². The van der Waals surface area contributed by atoms with E-state index in [1.807, 2.05) is 34.9 Å². The van der Waals surface area contributed by atoms with Crippen molar-refractivity contribution in [3.05, 3.63) is 78.2 Å². The van der Waals surface area contributed by atoms with Crippen molar-refractivity contribution < 1.29 is 0 Å². The molecule has 0 amide bonds. The lowest BCUT2D eigenvalue weighted by molar-refractivity contribution is 0.813. The molecule has 0 saturated carbocycles. The number of benzene rings is 1. The van der Waals surface area contributed by atoms with E-state index in [9.17, 15) is 0 Å². The third kappa shape index (κ3) is 3.49. The first-order valence-electron chi connectivity index (χ1n) is 8.58. The molecule has 1 aliphatic rings. The quantitative estimate of drug-likeness (QED) is 0.742. The minimum absolute atomic E-state index is 0.386. The molecule has 6 nitrogen and oxygen atoms in total. The van der Waals surface area contributed by atoms with Gasteiger partial charge in [0.05, 0.1) is 12.9 Å². The molecule has 0 fully saturated rings. The molecule has 3 aromatic rings. The Morgan fingerprint density at radius 2 is 2.00 bits per heavy atom. The Hall–Kier alpha value is -3.41. The van der Waals surface area contributed by atoms with Crippen LogP contribution in [0.4, 0.5) is 11.8 Å². The summed E-state index contributed by atoms with van der Waals surface area (Å²) in [5.41, 5.74) is 9.82. The molecular weight excluding hydrogens is 324 g/mol. The fraction of sp³-hybridized carbons (Fsp3) is 0.150. The maximum absolute atomic E-state index is 6.09. The summed E-state index contributed by atoms with van der Waals surface area (Å²) in [6, 6.07) is 10.2. The van der Waals surface area contributed by atoms with E-state index in [1.54, 1.807) is 6.33 Å². The van der Waals surface area contributed by atoms with Gasteiger partial charge >= 0.3 is 0 Å². The molecule has 26 heavy (non-hydrogen) atoms. The van der Waals surface area contributed by atoms with Crippen molar-refractivity contribution in [3.8, 4) is 0 Å². The Kier molecular flexibility index (Phi) is 4.47. The smallest absolute Gasteiger partial charge is 0.227 e. The van der Waals surface area contributed by atoms with Gasteiger partial charge in [0.1, 0.15) is 5.52 Å². The molecule has 2 aromatic heterocycles. The van der Waals surface area contributed by atoms with Gasteiger partial charge < -0.3 is 15.6 Å². The molecule has 0 unspecified atom stereocenters. The van der Waals surface area contributed by atoms with Crippen LogP contribution in [-0.2, 0) is 6.54 Å². The number of fused-ring (bicyclic) bond motifs is 1. The normalized spacial score (nSPS) is 13.6. The Balaban J connectivity index is 1.58. The molecule has 2 heterocycles. The lowest BCUT2D eigenvalue weighted by Gasteiger charge is -2.08. The first-order chi connectivity index (χ1) is 12.8. The van der Waals surface area contributed by atoms with Crippen LogP contribution in [0.25, 0.3) is 11.2 Å². The topological polar surface area (TPSA) is 81.7 Å². The summed E-state index contributed by atoms with van der Waals surface area (Å²) in [7, 11) is 0. The highest BCUT2D eigenvalue weighted by molar-refractivity contribution is 5.82. The number of rotatable bonds is 5. The van der Waals surface area contributed by atoms with Gasteiger partial charge in [-0.15, -0.1) is 0 Å². The third-order valence-corrected chi connectivity index (χ3v) is 4.21. The highest BCUT2D eigenvalue weighted by atomic mass is 15.2. The monoisotopic (exact) mass is 344 g/mol. The second-order valence-electron chi connectivity index (χ2n) is 6.12. The molecule has 6 heteroatoms. The number of hydrogen-bond donors (Lipinski definition) is 2. The lowest BCUT2D eigenvalue weighted by atomic mass is 10.2. The minimum Gasteiger partial charge on any atom is -0.382 e. The van der Waals surface area contributed by atoms with Crippen molar-refractivity contribution in [3.63, 3.8) is 0 Å². The zero-order valence-electron chi connectivity index (χ0n) is 14.3. The van der Waals surface area contributed by atoms with E-state index in [4.69, 9.17) is 5.73 Å². The summed E-state index contributed by atoms with van der Waals surface area (Å²) in [5, 5.41) is 3.27. The standard InChI is InChI=1S/C20H20N6/c21-18-17-19(26(14-23-17)13-16-10-6-3-7-11-16)25-20(24-18)22-12-15-8-4-1-2-5-9-15/h1-4,6-11,14H,5,12-13H2,(H3,21,22,24,25). The molecule has 4 rings (SSSR count). The van der Waals surface area contributed by atoms with Gasteiger partial charge in [-0.1, -0.05) is 60.7 Å². The molecule has 1 aromatic carbocycles. The summed E-state index contributed by atoms with van der Waals surface area (Å²) in [4.78, 5) is 13.3. The average molecular weight is 344 g/mol. The van der Waals surface area contributed by atoms with Crippen LogP contribution in [0.1, 0.15) is 12.0 Å². The lowest BCUT2D eigenvalue weighted by Crippen LogP contribution is -2.09. The second-order valence-corrected chi connectivity index (χ2v) is 6.12. The predicted octanol–water partition coefficient (Wildman–Crippen LogP) is 3.31. The van der Waals surface area contributed by atoms with Crippen molar-refractivity contribution in [2.75, 3.05) is 17.6 Å². The number of nitrogens with zero attached hydrogens (tertiary/aromatic N) is 4. The summed E-state index contributed by atoms with van der Waals surface area (Å²) in [6.45, 7) is 1.34. The number of nitrogens with two attached hydrogens (primary N) is 1. The number of aromatic nitrogens is 4. The summed E-state index contributed by atoms with van der Waals surface area (Å²) in [5.74, 6) is 0.896. The fourth-order valence-corrected chi connectivity index (χ4v) is 2.88. The average Bonchev–Trinajstić information content (AvgIpc) is 2.89. The Bertz CT molecular complexity index is 998. The van der Waals surface area contributed by atoms with E-state index in [-0.39, 0.29) is 0 Å². The molecular formula is C20H20N6. The second kappa shape index (κ2) is 7.23. The van der Waals surface area contributed by atoms with E-state index >= 15 is 0 Å². The molecule has 130 valence electrons. The van der Waals surface area contributed by atoms with Crippen molar-refractivity contribution in [2.24, 2.45) is 0 Å². The van der Waals surface area contributed by atoms with Gasteiger partial charge in [0, 0.05) is 6.54 Å². The van der Waals surface area contributed by atoms with Crippen LogP contribution in [0.3, 0.4) is 0 Å². The SMILES string of the molecule is Nc1nc(NCC2=CCC=CC=C2)nc2c1ncn2Cc1ccccc1. The summed E-state index contributed by atoms with van der Waals surface area (Å²) in [6.07, 6.45) is 13.1. The molecule has 0 aliphatic heterocycles. The largest absolute Gasteiger partial charge is 0.382 e. The van der Waals surface area contributed by atoms with Gasteiger partial charge in [0.15, 0.2) is 11.5 Å². The number of nitrogen functional groups attached to an aromatic ring is 1. The van der Waals surface area contributed by atoms with E-state index in [1.165, 1.54) is 11.1 Å².